The van der Waals surface area contributed by atoms with Crippen LogP contribution in [0.15, 0.2) is 60.7 Å². The Morgan fingerprint density at radius 3 is 2.00 bits per heavy atom. The second-order valence-corrected chi connectivity index (χ2v) is 11.8. The van der Waals surface area contributed by atoms with Crippen LogP contribution in [-0.2, 0) is 19.3 Å². The minimum absolute atomic E-state index is 0.186. The maximum atomic E-state index is 10.4. The number of allylic oxidation sites excluding steroid dienone is 2. The molecule has 0 radical (unpaired) electrons. The van der Waals surface area contributed by atoms with Crippen molar-refractivity contribution in [3.8, 4) is 0 Å². The third-order valence-corrected chi connectivity index (χ3v) is 8.26. The molecule has 0 aliphatic carbocycles. The van der Waals surface area contributed by atoms with Gasteiger partial charge in [-0.3, -0.25) is 0 Å². The fourth-order valence-electron chi connectivity index (χ4n) is 5.86. The van der Waals surface area contributed by atoms with Gasteiger partial charge in [0.25, 0.3) is 0 Å². The Bertz CT molecular complexity index is 1010. The average Bonchev–Trinajstić information content (AvgIpc) is 2.97. The number of hydrogen-bond donors (Lipinski definition) is 0. The lowest BCUT2D eigenvalue weighted by Crippen LogP contribution is -2.26. The molecule has 0 saturated carbocycles. The second kappa shape index (κ2) is 21.3. The number of hydrogen-bond acceptors (Lipinski definition) is 0. The molecule has 0 amide bonds. The van der Waals surface area contributed by atoms with Crippen LogP contribution in [0, 0.1) is 11.8 Å². The number of benzene rings is 2. The average molecular weight is 543 g/mol. The number of aryl methyl sites for hydroxylation is 2. The zero-order chi connectivity index (χ0) is 28.8. The highest BCUT2D eigenvalue weighted by Crippen LogP contribution is 2.29. The van der Waals surface area contributed by atoms with Gasteiger partial charge in [0.05, 0.1) is 11.5 Å². The summed E-state index contributed by atoms with van der Waals surface area (Å²) in [6.07, 6.45) is 25.3. The fraction of sp³-hybridized carbons (Fsp3) is 0.605. The van der Waals surface area contributed by atoms with E-state index in [4.69, 9.17) is 0 Å². The van der Waals surface area contributed by atoms with Gasteiger partial charge >= 0.3 is 5.71 Å². The lowest BCUT2D eigenvalue weighted by atomic mass is 9.77. The number of unbranched alkanes of at least 4 members (excludes halogenated alkanes) is 9. The van der Waals surface area contributed by atoms with Crippen molar-refractivity contribution in [1.82, 2.24) is 0 Å². The van der Waals surface area contributed by atoms with E-state index < -0.39 is 0 Å². The standard InChI is InChI=1S/C38H58N2/c1-5-9-13-14-15-18-22-32-23-19-25-34(29-32)31-35(26-17-11-7-3)37(28-12-8-4)38(40-39)36-27-20-24-33(30-36)21-16-10-6-2/h17,19-20,23-27,29-30,35,37H,5-16,18,21-22,28,31H2,1-4H3. The van der Waals surface area contributed by atoms with Crippen LogP contribution in [-0.4, -0.2) is 10.5 Å². The molecular formula is C38H58N2. The van der Waals surface area contributed by atoms with Crippen molar-refractivity contribution in [2.45, 2.75) is 137 Å². The molecule has 0 N–H and O–H groups in total. The molecule has 0 heterocycles. The normalized spacial score (nSPS) is 12.9. The zero-order valence-corrected chi connectivity index (χ0v) is 26.3. The second-order valence-electron chi connectivity index (χ2n) is 11.8. The first kappa shape index (κ1) is 33.8. The highest BCUT2D eigenvalue weighted by atomic mass is 14.9. The number of nitrogens with zero attached hydrogens (tertiary/aromatic N) is 2. The molecule has 0 aliphatic rings. The van der Waals surface area contributed by atoms with Crippen molar-refractivity contribution >= 4 is 5.71 Å². The minimum atomic E-state index is 0.186. The Kier molecular flexibility index (Phi) is 18.0. The third kappa shape index (κ3) is 12.8. The van der Waals surface area contributed by atoms with Gasteiger partial charge in [0, 0.05) is 0 Å². The highest BCUT2D eigenvalue weighted by Gasteiger charge is 2.32. The smallest absolute Gasteiger partial charge is 0.302 e. The van der Waals surface area contributed by atoms with Crippen molar-refractivity contribution in [2.24, 2.45) is 11.8 Å². The van der Waals surface area contributed by atoms with Gasteiger partial charge in [-0.05, 0) is 79.7 Å². The van der Waals surface area contributed by atoms with Crippen LogP contribution < -0.4 is 0 Å². The van der Waals surface area contributed by atoms with Crippen LogP contribution in [0.1, 0.15) is 140 Å². The lowest BCUT2D eigenvalue weighted by Gasteiger charge is -2.23. The van der Waals surface area contributed by atoms with Crippen molar-refractivity contribution in [1.29, 1.82) is 0 Å². The first-order valence-electron chi connectivity index (χ1n) is 16.7. The largest absolute Gasteiger partial charge is 0.361 e. The molecule has 2 unspecified atom stereocenters. The van der Waals surface area contributed by atoms with E-state index in [2.05, 4.69) is 93.2 Å². The molecule has 0 aliphatic heterocycles. The predicted octanol–water partition coefficient (Wildman–Crippen LogP) is 11.4. The van der Waals surface area contributed by atoms with E-state index in [-0.39, 0.29) is 5.92 Å². The summed E-state index contributed by atoms with van der Waals surface area (Å²) in [5, 5.41) is 0. The van der Waals surface area contributed by atoms with E-state index in [9.17, 15) is 5.53 Å². The van der Waals surface area contributed by atoms with Gasteiger partial charge in [0.1, 0.15) is 0 Å². The molecule has 2 nitrogen and oxygen atoms in total. The van der Waals surface area contributed by atoms with Crippen molar-refractivity contribution in [2.75, 3.05) is 0 Å². The summed E-state index contributed by atoms with van der Waals surface area (Å²) >= 11 is 0. The van der Waals surface area contributed by atoms with E-state index in [1.807, 2.05) is 0 Å². The van der Waals surface area contributed by atoms with Crippen LogP contribution in [0.5, 0.6) is 0 Å². The Morgan fingerprint density at radius 1 is 0.700 bits per heavy atom. The van der Waals surface area contributed by atoms with Gasteiger partial charge in [-0.25, -0.2) is 0 Å². The molecule has 2 aromatic rings. The molecule has 0 spiro atoms. The maximum absolute atomic E-state index is 10.4. The summed E-state index contributed by atoms with van der Waals surface area (Å²) in [6, 6.07) is 18.1. The Balaban J connectivity index is 2.28. The SMILES string of the molecule is CCCC=CC(Cc1cccc(CCCCCCCC)c1)C(CCCC)C(=[N+]=[N-])c1cccc(CCCCC)c1. The van der Waals surface area contributed by atoms with Crippen molar-refractivity contribution in [3.63, 3.8) is 0 Å². The minimum Gasteiger partial charge on any atom is -0.361 e. The quantitative estimate of drug-likeness (QED) is 0.0466. The van der Waals surface area contributed by atoms with E-state index in [0.29, 0.717) is 5.92 Å². The summed E-state index contributed by atoms with van der Waals surface area (Å²) in [4.78, 5) is 4.01. The first-order valence-corrected chi connectivity index (χ1v) is 16.7. The van der Waals surface area contributed by atoms with Gasteiger partial charge in [0.2, 0.25) is 0 Å². The molecule has 220 valence electrons. The van der Waals surface area contributed by atoms with Crippen LogP contribution in [0.2, 0.25) is 0 Å². The lowest BCUT2D eigenvalue weighted by molar-refractivity contribution is -0.0137. The fourth-order valence-corrected chi connectivity index (χ4v) is 5.86. The maximum Gasteiger partial charge on any atom is 0.302 e. The van der Waals surface area contributed by atoms with Gasteiger partial charge in [-0.15, -0.1) is 0 Å². The van der Waals surface area contributed by atoms with Crippen molar-refractivity contribution < 1.29 is 4.79 Å². The third-order valence-electron chi connectivity index (χ3n) is 8.26. The van der Waals surface area contributed by atoms with E-state index in [1.54, 1.807) is 0 Å². The molecular weight excluding hydrogens is 484 g/mol. The van der Waals surface area contributed by atoms with Crippen molar-refractivity contribution in [3.05, 3.63) is 88.5 Å². The van der Waals surface area contributed by atoms with Crippen LogP contribution in [0.4, 0.5) is 0 Å². The molecule has 40 heavy (non-hydrogen) atoms. The monoisotopic (exact) mass is 542 g/mol. The van der Waals surface area contributed by atoms with Crippen LogP contribution >= 0.6 is 0 Å². The Morgan fingerprint density at radius 2 is 1.30 bits per heavy atom. The number of rotatable bonds is 22. The van der Waals surface area contributed by atoms with Gasteiger partial charge in [-0.2, -0.15) is 4.79 Å². The Hall–Kier alpha value is -2.44. The summed E-state index contributed by atoms with van der Waals surface area (Å²) in [6.45, 7) is 9.03. The first-order chi connectivity index (χ1) is 19.7. The molecule has 0 fully saturated rings. The molecule has 0 bridgehead atoms. The molecule has 0 saturated heterocycles. The van der Waals surface area contributed by atoms with Crippen LogP contribution in [0.25, 0.3) is 5.53 Å². The molecule has 0 aromatic heterocycles. The topological polar surface area (TPSA) is 36.4 Å². The summed E-state index contributed by atoms with van der Waals surface area (Å²) < 4.78 is 0. The summed E-state index contributed by atoms with van der Waals surface area (Å²) in [5.41, 5.74) is 16.6. The zero-order valence-electron chi connectivity index (χ0n) is 26.3. The summed E-state index contributed by atoms with van der Waals surface area (Å²) in [5.74, 6) is 0.489. The summed E-state index contributed by atoms with van der Waals surface area (Å²) in [7, 11) is 0. The van der Waals surface area contributed by atoms with Crippen LogP contribution in [0.3, 0.4) is 0 Å². The van der Waals surface area contributed by atoms with E-state index in [0.717, 1.165) is 56.2 Å². The van der Waals surface area contributed by atoms with E-state index >= 15 is 0 Å². The molecule has 2 heteroatoms. The van der Waals surface area contributed by atoms with Gasteiger partial charge in [-0.1, -0.05) is 140 Å². The van der Waals surface area contributed by atoms with Gasteiger partial charge < -0.3 is 5.53 Å². The van der Waals surface area contributed by atoms with E-state index in [1.165, 1.54) is 80.9 Å². The molecule has 2 atom stereocenters. The Labute approximate surface area is 247 Å². The van der Waals surface area contributed by atoms with Gasteiger partial charge in [0.15, 0.2) is 0 Å². The predicted molar refractivity (Wildman–Crippen MR) is 175 cm³/mol. The highest BCUT2D eigenvalue weighted by molar-refractivity contribution is 5.98. The molecule has 2 aromatic carbocycles. The molecule has 2 rings (SSSR count).